The lowest BCUT2D eigenvalue weighted by Gasteiger charge is -2.16. The number of hydrogen-bond acceptors (Lipinski definition) is 5. The maximum Gasteiger partial charge on any atom is 0.320 e. The predicted molar refractivity (Wildman–Crippen MR) is 129 cm³/mol. The minimum atomic E-state index is -1.09. The molecule has 0 aromatic carbocycles. The van der Waals surface area contributed by atoms with E-state index in [1.54, 1.807) is 6.20 Å². The van der Waals surface area contributed by atoms with Crippen LogP contribution in [0.25, 0.3) is 11.2 Å². The summed E-state index contributed by atoms with van der Waals surface area (Å²) in [5, 5.41) is 9.14. The van der Waals surface area contributed by atoms with Gasteiger partial charge in [-0.3, -0.25) is 5.32 Å². The molecule has 3 heterocycles. The van der Waals surface area contributed by atoms with Crippen LogP contribution >= 0.6 is 24.8 Å². The Labute approximate surface area is 191 Å². The van der Waals surface area contributed by atoms with Crippen LogP contribution in [0.2, 0.25) is 25.7 Å². The van der Waals surface area contributed by atoms with Gasteiger partial charge in [0.25, 0.3) is 0 Å². The first kappa shape index (κ1) is 26.6. The van der Waals surface area contributed by atoms with Gasteiger partial charge in [0, 0.05) is 33.5 Å². The van der Waals surface area contributed by atoms with Crippen LogP contribution in [-0.4, -0.2) is 54.4 Å². The minimum Gasteiger partial charge on any atom is -0.361 e. The molecule has 1 fully saturated rings. The van der Waals surface area contributed by atoms with Crippen LogP contribution in [0.15, 0.2) is 18.5 Å². The number of nitrogens with zero attached hydrogens (tertiary/aromatic N) is 3. The zero-order valence-corrected chi connectivity index (χ0v) is 20.6. The largest absolute Gasteiger partial charge is 0.361 e. The molecule has 1 saturated heterocycles. The monoisotopic (exact) mass is 476 g/mol. The van der Waals surface area contributed by atoms with E-state index in [2.05, 4.69) is 45.6 Å². The van der Waals surface area contributed by atoms with Crippen molar-refractivity contribution in [3.63, 3.8) is 0 Å². The highest BCUT2D eigenvalue weighted by molar-refractivity contribution is 6.76. The van der Waals surface area contributed by atoms with Crippen molar-refractivity contribution in [1.82, 2.24) is 25.2 Å². The Balaban J connectivity index is 0.00000225. The Kier molecular flexibility index (Phi) is 11.1. The second kappa shape index (κ2) is 12.5. The summed E-state index contributed by atoms with van der Waals surface area (Å²) in [5.74, 6) is 0.448. The zero-order chi connectivity index (χ0) is 20.0. The molecule has 2 aromatic heterocycles. The van der Waals surface area contributed by atoms with E-state index in [1.807, 2.05) is 16.8 Å². The van der Waals surface area contributed by atoms with Crippen LogP contribution in [0.1, 0.15) is 19.3 Å². The molecule has 1 aliphatic heterocycles. The number of halogens is 2. The molecule has 1 atom stereocenters. The molecule has 2 amide bonds. The van der Waals surface area contributed by atoms with Gasteiger partial charge in [0.15, 0.2) is 11.5 Å². The first-order valence-corrected chi connectivity index (χ1v) is 13.8. The average molecular weight is 478 g/mol. The maximum atomic E-state index is 12.2. The van der Waals surface area contributed by atoms with E-state index in [0.717, 1.165) is 56.2 Å². The number of hydrogen-bond donors (Lipinski definition) is 3. The van der Waals surface area contributed by atoms with Crippen molar-refractivity contribution in [3.8, 4) is 0 Å². The molecule has 0 spiro atoms. The Bertz CT molecular complexity index is 791. The maximum absolute atomic E-state index is 12.2. The standard InChI is InChI=1S/C19H32N6O2Si.2ClH/c1-28(2,3)11-10-27-14-25-9-7-16-18(25)21-13-17(23-16)24-19(26)22-15-6-4-5-8-20-12-15;;/h7,9,13,15,20H,4-6,8,10-12,14H2,1-3H3,(H2,22,23,24,26);2*1H. The molecule has 0 bridgehead atoms. The van der Waals surface area contributed by atoms with E-state index in [4.69, 9.17) is 4.74 Å². The Morgan fingerprint density at radius 3 is 2.90 bits per heavy atom. The van der Waals surface area contributed by atoms with E-state index in [1.165, 1.54) is 0 Å². The number of nitrogens with one attached hydrogen (secondary N) is 3. The van der Waals surface area contributed by atoms with Gasteiger partial charge in [0.2, 0.25) is 0 Å². The summed E-state index contributed by atoms with van der Waals surface area (Å²) in [7, 11) is -1.09. The normalized spacial score (nSPS) is 16.8. The number of carbonyl (C=O) groups is 1. The molecular weight excluding hydrogens is 443 g/mol. The molecule has 170 valence electrons. The molecule has 11 heteroatoms. The lowest BCUT2D eigenvalue weighted by Crippen LogP contribution is -2.43. The van der Waals surface area contributed by atoms with Gasteiger partial charge in [-0.25, -0.2) is 14.8 Å². The molecule has 2 aromatic rings. The highest BCUT2D eigenvalue weighted by Gasteiger charge is 2.15. The highest BCUT2D eigenvalue weighted by Crippen LogP contribution is 2.15. The molecule has 3 rings (SSSR count). The van der Waals surface area contributed by atoms with E-state index >= 15 is 0 Å². The summed E-state index contributed by atoms with van der Waals surface area (Å²) >= 11 is 0. The summed E-state index contributed by atoms with van der Waals surface area (Å²) in [4.78, 5) is 21.2. The number of fused-ring (bicyclic) bond motifs is 1. The number of carbonyl (C=O) groups excluding carboxylic acids is 1. The quantitative estimate of drug-likeness (QED) is 0.416. The Morgan fingerprint density at radius 1 is 1.33 bits per heavy atom. The van der Waals surface area contributed by atoms with E-state index < -0.39 is 8.07 Å². The van der Waals surface area contributed by atoms with Crippen molar-refractivity contribution in [2.45, 2.75) is 57.7 Å². The van der Waals surface area contributed by atoms with Gasteiger partial charge >= 0.3 is 6.03 Å². The van der Waals surface area contributed by atoms with Crippen LogP contribution in [0, 0.1) is 0 Å². The molecular formula is C19H34Cl2N6O2Si. The van der Waals surface area contributed by atoms with Crippen LogP contribution in [0.3, 0.4) is 0 Å². The van der Waals surface area contributed by atoms with Crippen LogP contribution in [-0.2, 0) is 11.5 Å². The van der Waals surface area contributed by atoms with Crippen molar-refractivity contribution in [2.24, 2.45) is 0 Å². The molecule has 8 nitrogen and oxygen atoms in total. The zero-order valence-electron chi connectivity index (χ0n) is 17.9. The molecule has 3 N–H and O–H groups in total. The summed E-state index contributed by atoms with van der Waals surface area (Å²) in [5.41, 5.74) is 1.50. The number of anilines is 1. The van der Waals surface area contributed by atoms with Crippen LogP contribution in [0.5, 0.6) is 0 Å². The fourth-order valence-corrected chi connectivity index (χ4v) is 3.90. The first-order valence-electron chi connectivity index (χ1n) is 10.1. The predicted octanol–water partition coefficient (Wildman–Crippen LogP) is 3.85. The number of urea groups is 1. The molecule has 1 aliphatic rings. The number of aromatic nitrogens is 3. The SMILES string of the molecule is C[Si](C)(C)CCOCn1ccc2nc(NC(=O)NC3CCCCNC3)cnc21.Cl.Cl. The number of amides is 2. The lowest BCUT2D eigenvalue weighted by molar-refractivity contribution is 0.0899. The van der Waals surface area contributed by atoms with Crippen molar-refractivity contribution < 1.29 is 9.53 Å². The molecule has 0 saturated carbocycles. The van der Waals surface area contributed by atoms with E-state index in [0.29, 0.717) is 12.5 Å². The third-order valence-corrected chi connectivity index (χ3v) is 6.52. The molecule has 0 radical (unpaired) electrons. The molecule has 1 unspecified atom stereocenters. The highest BCUT2D eigenvalue weighted by atomic mass is 35.5. The van der Waals surface area contributed by atoms with E-state index in [9.17, 15) is 4.79 Å². The summed E-state index contributed by atoms with van der Waals surface area (Å²) < 4.78 is 7.73. The van der Waals surface area contributed by atoms with Crippen molar-refractivity contribution in [3.05, 3.63) is 18.5 Å². The van der Waals surface area contributed by atoms with Gasteiger partial charge in [-0.05, 0) is 31.5 Å². The van der Waals surface area contributed by atoms with Crippen molar-refractivity contribution in [1.29, 1.82) is 0 Å². The minimum absolute atomic E-state index is 0. The smallest absolute Gasteiger partial charge is 0.320 e. The van der Waals surface area contributed by atoms with Crippen LogP contribution < -0.4 is 16.0 Å². The number of ether oxygens (including phenoxy) is 1. The van der Waals surface area contributed by atoms with Gasteiger partial charge in [0.1, 0.15) is 12.2 Å². The first-order chi connectivity index (χ1) is 13.4. The third-order valence-electron chi connectivity index (χ3n) is 4.81. The second-order valence-corrected chi connectivity index (χ2v) is 14.2. The van der Waals surface area contributed by atoms with Gasteiger partial charge < -0.3 is 19.9 Å². The molecule has 30 heavy (non-hydrogen) atoms. The Morgan fingerprint density at radius 2 is 2.13 bits per heavy atom. The van der Waals surface area contributed by atoms with Crippen molar-refractivity contribution in [2.75, 3.05) is 25.0 Å². The number of rotatable bonds is 7. The van der Waals surface area contributed by atoms with E-state index in [-0.39, 0.29) is 36.9 Å². The van der Waals surface area contributed by atoms with Gasteiger partial charge in [-0.15, -0.1) is 24.8 Å². The Hall–Kier alpha value is -1.39. The van der Waals surface area contributed by atoms with Gasteiger partial charge in [0.05, 0.1) is 6.20 Å². The lowest BCUT2D eigenvalue weighted by atomic mass is 10.1. The fraction of sp³-hybridized carbons (Fsp3) is 0.632. The van der Waals surface area contributed by atoms with Crippen molar-refractivity contribution >= 4 is 55.9 Å². The fourth-order valence-electron chi connectivity index (χ4n) is 3.15. The third kappa shape index (κ3) is 8.39. The summed E-state index contributed by atoms with van der Waals surface area (Å²) in [6.07, 6.45) is 6.77. The van der Waals surface area contributed by atoms with Crippen LogP contribution in [0.4, 0.5) is 10.6 Å². The summed E-state index contributed by atoms with van der Waals surface area (Å²) in [6.45, 7) is 10.1. The average Bonchev–Trinajstić information content (AvgIpc) is 2.84. The van der Waals surface area contributed by atoms with Gasteiger partial charge in [-0.1, -0.05) is 26.1 Å². The summed E-state index contributed by atoms with van der Waals surface area (Å²) in [6, 6.07) is 2.94. The molecule has 0 aliphatic carbocycles. The topological polar surface area (TPSA) is 93.1 Å². The second-order valence-electron chi connectivity index (χ2n) is 8.59. The van der Waals surface area contributed by atoms with Gasteiger partial charge in [-0.2, -0.15) is 0 Å².